The summed E-state index contributed by atoms with van der Waals surface area (Å²) < 4.78 is 10.9. The van der Waals surface area contributed by atoms with Gasteiger partial charge in [-0.3, -0.25) is 4.90 Å². The lowest BCUT2D eigenvalue weighted by Crippen LogP contribution is -2.21. The van der Waals surface area contributed by atoms with Crippen LogP contribution in [0.15, 0.2) is 22.6 Å². The number of fused-ring (bicyclic) bond motifs is 1. The van der Waals surface area contributed by atoms with Gasteiger partial charge in [-0.05, 0) is 37.1 Å². The van der Waals surface area contributed by atoms with E-state index in [0.717, 1.165) is 43.2 Å². The molecule has 1 fully saturated rings. The Balaban J connectivity index is 1.68. The molecule has 2 N–H and O–H groups in total. The Labute approximate surface area is 112 Å². The number of aromatic nitrogens is 1. The van der Waals surface area contributed by atoms with Crippen LogP contribution in [-0.2, 0) is 11.3 Å². The van der Waals surface area contributed by atoms with Gasteiger partial charge < -0.3 is 14.9 Å². The van der Waals surface area contributed by atoms with Crippen molar-refractivity contribution in [2.24, 2.45) is 5.92 Å². The van der Waals surface area contributed by atoms with Gasteiger partial charge in [0, 0.05) is 19.3 Å². The molecule has 0 aliphatic carbocycles. The van der Waals surface area contributed by atoms with Crippen molar-refractivity contribution in [2.45, 2.75) is 13.0 Å². The number of ether oxygens (including phenoxy) is 1. The maximum absolute atomic E-state index is 5.74. The van der Waals surface area contributed by atoms with Crippen molar-refractivity contribution < 1.29 is 9.15 Å². The molecule has 1 aliphatic heterocycles. The molecular weight excluding hydrogens is 242 g/mol. The summed E-state index contributed by atoms with van der Waals surface area (Å²) in [5.74, 6) is 1.39. The van der Waals surface area contributed by atoms with Gasteiger partial charge in [0.25, 0.3) is 0 Å². The molecule has 1 aliphatic rings. The first kappa shape index (κ1) is 12.4. The molecule has 2 heterocycles. The molecule has 5 heteroatoms. The molecule has 0 saturated carbocycles. The van der Waals surface area contributed by atoms with Crippen LogP contribution in [0.4, 0.5) is 5.69 Å². The number of hydrogen-bond donors (Lipinski definition) is 1. The van der Waals surface area contributed by atoms with Crippen molar-refractivity contribution in [3.8, 4) is 0 Å². The summed E-state index contributed by atoms with van der Waals surface area (Å²) in [6.07, 6.45) is 1.18. The molecule has 1 aromatic carbocycles. The van der Waals surface area contributed by atoms with Crippen molar-refractivity contribution in [1.29, 1.82) is 0 Å². The van der Waals surface area contributed by atoms with Crippen LogP contribution in [0.2, 0.25) is 0 Å². The van der Waals surface area contributed by atoms with Crippen LogP contribution < -0.4 is 5.73 Å². The highest BCUT2D eigenvalue weighted by atomic mass is 16.5. The molecule has 1 unspecified atom stereocenters. The first-order valence-corrected chi connectivity index (χ1v) is 6.61. The summed E-state index contributed by atoms with van der Waals surface area (Å²) in [7, 11) is 1.76. The second kappa shape index (κ2) is 5.19. The van der Waals surface area contributed by atoms with Crippen LogP contribution in [0.25, 0.3) is 11.1 Å². The van der Waals surface area contributed by atoms with Gasteiger partial charge in [0.1, 0.15) is 5.52 Å². The second-order valence-corrected chi connectivity index (χ2v) is 5.18. The fourth-order valence-electron chi connectivity index (χ4n) is 2.68. The minimum atomic E-state index is 0.630. The normalized spacial score (nSPS) is 20.4. The standard InChI is InChI=1S/C14H19N3O2/c1-18-9-10-4-5-17(7-10)8-14-16-12-6-11(15)2-3-13(12)19-14/h2-3,6,10H,4-5,7-9,15H2,1H3. The van der Waals surface area contributed by atoms with Crippen molar-refractivity contribution >= 4 is 16.8 Å². The average molecular weight is 261 g/mol. The van der Waals surface area contributed by atoms with Gasteiger partial charge in [-0.1, -0.05) is 0 Å². The number of nitrogens with zero attached hydrogens (tertiary/aromatic N) is 2. The topological polar surface area (TPSA) is 64.5 Å². The first-order chi connectivity index (χ1) is 9.24. The van der Waals surface area contributed by atoms with Crippen molar-refractivity contribution in [3.05, 3.63) is 24.1 Å². The molecule has 0 spiro atoms. The highest BCUT2D eigenvalue weighted by molar-refractivity contribution is 5.76. The lowest BCUT2D eigenvalue weighted by Gasteiger charge is -2.13. The lowest BCUT2D eigenvalue weighted by molar-refractivity contribution is 0.151. The summed E-state index contributed by atoms with van der Waals surface area (Å²) in [6, 6.07) is 5.56. The Morgan fingerprint density at radius 2 is 2.42 bits per heavy atom. The number of benzene rings is 1. The van der Waals surface area contributed by atoms with Crippen molar-refractivity contribution in [1.82, 2.24) is 9.88 Å². The first-order valence-electron chi connectivity index (χ1n) is 6.61. The molecule has 0 bridgehead atoms. The average Bonchev–Trinajstić information content (AvgIpc) is 2.96. The van der Waals surface area contributed by atoms with Gasteiger partial charge in [-0.25, -0.2) is 4.98 Å². The largest absolute Gasteiger partial charge is 0.439 e. The van der Waals surface area contributed by atoms with Crippen LogP contribution in [0.5, 0.6) is 0 Å². The monoisotopic (exact) mass is 261 g/mol. The highest BCUT2D eigenvalue weighted by Gasteiger charge is 2.23. The zero-order chi connectivity index (χ0) is 13.2. The van der Waals surface area contributed by atoms with E-state index in [0.29, 0.717) is 11.6 Å². The molecular formula is C14H19N3O2. The van der Waals surface area contributed by atoms with E-state index in [1.54, 1.807) is 7.11 Å². The Hall–Kier alpha value is -1.59. The number of methoxy groups -OCH3 is 1. The quantitative estimate of drug-likeness (QED) is 0.851. The van der Waals surface area contributed by atoms with Crippen LogP contribution >= 0.6 is 0 Å². The Kier molecular flexibility index (Phi) is 3.40. The minimum Gasteiger partial charge on any atom is -0.439 e. The Morgan fingerprint density at radius 3 is 3.26 bits per heavy atom. The third-order valence-corrected chi connectivity index (χ3v) is 3.59. The van der Waals surface area contributed by atoms with Crippen LogP contribution in [0, 0.1) is 5.92 Å². The van der Waals surface area contributed by atoms with E-state index in [2.05, 4.69) is 9.88 Å². The number of nitrogen functional groups attached to an aromatic ring is 1. The highest BCUT2D eigenvalue weighted by Crippen LogP contribution is 2.22. The predicted molar refractivity (Wildman–Crippen MR) is 73.7 cm³/mol. The number of hydrogen-bond acceptors (Lipinski definition) is 5. The maximum Gasteiger partial charge on any atom is 0.209 e. The lowest BCUT2D eigenvalue weighted by atomic mass is 10.1. The molecule has 5 nitrogen and oxygen atoms in total. The summed E-state index contributed by atoms with van der Waals surface area (Å²) in [6.45, 7) is 3.72. The summed E-state index contributed by atoms with van der Waals surface area (Å²) in [5.41, 5.74) is 8.10. The van der Waals surface area contributed by atoms with E-state index in [-0.39, 0.29) is 0 Å². The van der Waals surface area contributed by atoms with E-state index in [9.17, 15) is 0 Å². The summed E-state index contributed by atoms with van der Waals surface area (Å²) >= 11 is 0. The van der Waals surface area contributed by atoms with E-state index >= 15 is 0 Å². The molecule has 102 valence electrons. The Morgan fingerprint density at radius 1 is 1.53 bits per heavy atom. The molecule has 1 saturated heterocycles. The van der Waals surface area contributed by atoms with Crippen LogP contribution in [0.1, 0.15) is 12.3 Å². The van der Waals surface area contributed by atoms with Crippen molar-refractivity contribution in [3.63, 3.8) is 0 Å². The number of nitrogens with two attached hydrogens (primary N) is 1. The molecule has 2 aromatic rings. The molecule has 0 amide bonds. The minimum absolute atomic E-state index is 0.630. The molecule has 1 aromatic heterocycles. The second-order valence-electron chi connectivity index (χ2n) is 5.18. The molecule has 1 atom stereocenters. The zero-order valence-electron chi connectivity index (χ0n) is 11.1. The third kappa shape index (κ3) is 2.72. The number of anilines is 1. The number of rotatable bonds is 4. The smallest absolute Gasteiger partial charge is 0.209 e. The van der Waals surface area contributed by atoms with E-state index in [4.69, 9.17) is 14.9 Å². The zero-order valence-corrected chi connectivity index (χ0v) is 11.1. The van der Waals surface area contributed by atoms with Gasteiger partial charge in [0.15, 0.2) is 5.58 Å². The molecule has 3 rings (SSSR count). The van der Waals surface area contributed by atoms with Crippen molar-refractivity contribution in [2.75, 3.05) is 32.5 Å². The number of oxazole rings is 1. The third-order valence-electron chi connectivity index (χ3n) is 3.59. The summed E-state index contributed by atoms with van der Waals surface area (Å²) in [4.78, 5) is 6.85. The van der Waals surface area contributed by atoms with E-state index in [1.807, 2.05) is 18.2 Å². The van der Waals surface area contributed by atoms with Gasteiger partial charge in [0.2, 0.25) is 5.89 Å². The Bertz CT molecular complexity index is 567. The van der Waals surface area contributed by atoms with Gasteiger partial charge in [-0.2, -0.15) is 0 Å². The van der Waals surface area contributed by atoms with Gasteiger partial charge in [-0.15, -0.1) is 0 Å². The number of likely N-dealkylation sites (tertiary alicyclic amines) is 1. The molecule has 19 heavy (non-hydrogen) atoms. The maximum atomic E-state index is 5.74. The summed E-state index contributed by atoms with van der Waals surface area (Å²) in [5, 5.41) is 0. The predicted octanol–water partition coefficient (Wildman–Crippen LogP) is 1.88. The fraction of sp³-hybridized carbons (Fsp3) is 0.500. The van der Waals surface area contributed by atoms with Crippen LogP contribution in [0.3, 0.4) is 0 Å². The van der Waals surface area contributed by atoms with Gasteiger partial charge in [0.05, 0.1) is 13.2 Å². The van der Waals surface area contributed by atoms with E-state index < -0.39 is 0 Å². The van der Waals surface area contributed by atoms with Gasteiger partial charge >= 0.3 is 0 Å². The SMILES string of the molecule is COCC1CCN(Cc2nc3cc(N)ccc3o2)C1. The van der Waals surface area contributed by atoms with E-state index in [1.165, 1.54) is 6.42 Å². The fourth-order valence-corrected chi connectivity index (χ4v) is 2.68. The molecule has 0 radical (unpaired) electrons. The van der Waals surface area contributed by atoms with Crippen LogP contribution in [-0.4, -0.2) is 36.7 Å².